The van der Waals surface area contributed by atoms with E-state index in [1.807, 2.05) is 4.90 Å². The van der Waals surface area contributed by atoms with Crippen molar-refractivity contribution in [1.82, 2.24) is 19.7 Å². The minimum absolute atomic E-state index is 0.0693. The number of nitrogens with two attached hydrogens (primary N) is 1. The largest absolute Gasteiger partial charge is 0.504 e. The maximum absolute atomic E-state index is 14.7. The second-order valence-electron chi connectivity index (χ2n) is 9.05. The fraction of sp³-hybridized carbons (Fsp3) is 0.269. The number of methoxy groups -OCH3 is 1. The number of nitrogens with one attached hydrogen (secondary N) is 1. The zero-order valence-electron chi connectivity index (χ0n) is 20.8. The predicted molar refractivity (Wildman–Crippen MR) is 138 cm³/mol. The Morgan fingerprint density at radius 2 is 1.97 bits per heavy atom. The number of piperidine rings is 1. The van der Waals surface area contributed by atoms with Gasteiger partial charge in [-0.25, -0.2) is 14.4 Å². The molecule has 5 rings (SSSR count). The second-order valence-corrected chi connectivity index (χ2v) is 9.05. The van der Waals surface area contributed by atoms with Crippen LogP contribution < -0.4 is 20.7 Å². The number of β-amino-alcohol motifs (C(OH)–C–C–N with tert-alkyl or cyclic N) is 1. The number of halogens is 4. The average Bonchev–Trinajstić information content (AvgIpc) is 3.41. The van der Waals surface area contributed by atoms with Crippen LogP contribution in [0.5, 0.6) is 5.75 Å². The number of anilines is 4. The van der Waals surface area contributed by atoms with Crippen LogP contribution >= 0.6 is 0 Å². The van der Waals surface area contributed by atoms with Crippen LogP contribution in [0.3, 0.4) is 0 Å². The Morgan fingerprint density at radius 3 is 2.69 bits per heavy atom. The molecule has 0 bridgehead atoms. The number of aromatic nitrogens is 4. The second kappa shape index (κ2) is 10.4. The van der Waals surface area contributed by atoms with E-state index in [4.69, 9.17) is 10.5 Å². The summed E-state index contributed by atoms with van der Waals surface area (Å²) in [5, 5.41) is 16.8. The molecule has 0 unspecified atom stereocenters. The topological polar surface area (TPSA) is 114 Å². The number of hydrogen-bond acceptors (Lipinski definition) is 8. The van der Waals surface area contributed by atoms with Crippen molar-refractivity contribution < 1.29 is 27.4 Å². The molecule has 204 valence electrons. The van der Waals surface area contributed by atoms with Gasteiger partial charge in [-0.05, 0) is 37.1 Å². The number of pyridine rings is 2. The molecule has 4 N–H and O–H groups in total. The summed E-state index contributed by atoms with van der Waals surface area (Å²) < 4.78 is 59.5. The van der Waals surface area contributed by atoms with Gasteiger partial charge in [-0.2, -0.15) is 9.78 Å². The van der Waals surface area contributed by atoms with Crippen molar-refractivity contribution in [2.45, 2.75) is 25.2 Å². The highest BCUT2D eigenvalue weighted by molar-refractivity contribution is 5.82. The Kier molecular flexibility index (Phi) is 7.00. The van der Waals surface area contributed by atoms with Gasteiger partial charge in [0.25, 0.3) is 0 Å². The fourth-order valence-electron chi connectivity index (χ4n) is 4.55. The van der Waals surface area contributed by atoms with E-state index in [0.29, 0.717) is 48.8 Å². The van der Waals surface area contributed by atoms with Gasteiger partial charge in [0.2, 0.25) is 0 Å². The molecule has 9 nitrogen and oxygen atoms in total. The standard InChI is InChI=1S/C26H25F4N7O2/c1-39-21-6-2-5-18(27)24(21)25-19(31)7-8-22(35-25)34-23-10-20(36-9-3-4-16(38)14-36)17(12-32-23)15-11-33-37(13-15)26(28,29)30/h2,5-8,10-13,16,38H,3-4,9,14,31H2,1H3,(H,32,34,35)/t16-/m0/s1. The molecule has 39 heavy (non-hydrogen) atoms. The highest BCUT2D eigenvalue weighted by atomic mass is 19.4. The van der Waals surface area contributed by atoms with Gasteiger partial charge >= 0.3 is 6.30 Å². The highest BCUT2D eigenvalue weighted by Gasteiger charge is 2.32. The van der Waals surface area contributed by atoms with Gasteiger partial charge in [-0.1, -0.05) is 6.07 Å². The van der Waals surface area contributed by atoms with Gasteiger partial charge in [-0.3, -0.25) is 0 Å². The summed E-state index contributed by atoms with van der Waals surface area (Å²) in [6, 6.07) is 9.22. The summed E-state index contributed by atoms with van der Waals surface area (Å²) in [7, 11) is 1.42. The van der Waals surface area contributed by atoms with E-state index in [-0.39, 0.29) is 32.9 Å². The minimum Gasteiger partial charge on any atom is -0.496 e. The summed E-state index contributed by atoms with van der Waals surface area (Å²) >= 11 is 0. The van der Waals surface area contributed by atoms with Crippen LogP contribution in [0.1, 0.15) is 12.8 Å². The third kappa shape index (κ3) is 5.43. The predicted octanol–water partition coefficient (Wildman–Crippen LogP) is 4.92. The van der Waals surface area contributed by atoms with E-state index in [0.717, 1.165) is 12.4 Å². The van der Waals surface area contributed by atoms with E-state index in [1.54, 1.807) is 24.3 Å². The van der Waals surface area contributed by atoms with Crippen molar-refractivity contribution in [3.63, 3.8) is 0 Å². The highest BCUT2D eigenvalue weighted by Crippen LogP contribution is 2.37. The smallest absolute Gasteiger partial charge is 0.496 e. The van der Waals surface area contributed by atoms with Crippen LogP contribution in [0.2, 0.25) is 0 Å². The molecule has 0 amide bonds. The zero-order valence-corrected chi connectivity index (χ0v) is 20.8. The minimum atomic E-state index is -4.66. The normalized spacial score (nSPS) is 15.8. The molecule has 0 aliphatic carbocycles. The van der Waals surface area contributed by atoms with E-state index >= 15 is 0 Å². The SMILES string of the molecule is COc1cccc(F)c1-c1nc(Nc2cc(N3CCC[C@H](O)C3)c(-c3cnn(C(F)(F)F)c3)cn2)ccc1N. The fourth-order valence-corrected chi connectivity index (χ4v) is 4.55. The quantitative estimate of drug-likeness (QED) is 0.294. The molecule has 1 aliphatic rings. The lowest BCUT2D eigenvalue weighted by molar-refractivity contribution is -0.212. The summed E-state index contributed by atoms with van der Waals surface area (Å²) in [5.74, 6) is 0.345. The Balaban J connectivity index is 1.53. The molecule has 1 aromatic carbocycles. The van der Waals surface area contributed by atoms with Crippen LogP contribution in [-0.2, 0) is 6.30 Å². The van der Waals surface area contributed by atoms with Crippen LogP contribution in [0.4, 0.5) is 40.6 Å². The Bertz CT molecular complexity index is 1490. The van der Waals surface area contributed by atoms with Crippen LogP contribution in [0.25, 0.3) is 22.4 Å². The monoisotopic (exact) mass is 543 g/mol. The first-order chi connectivity index (χ1) is 18.6. The number of nitrogen functional groups attached to an aromatic ring is 1. The third-order valence-electron chi connectivity index (χ3n) is 6.39. The molecule has 4 aromatic rings. The van der Waals surface area contributed by atoms with Crippen LogP contribution in [-0.4, -0.2) is 51.2 Å². The van der Waals surface area contributed by atoms with Crippen molar-refractivity contribution in [3.8, 4) is 28.1 Å². The lowest BCUT2D eigenvalue weighted by Gasteiger charge is -2.33. The lowest BCUT2D eigenvalue weighted by atomic mass is 10.0. The molecule has 4 heterocycles. The molecule has 3 aromatic heterocycles. The van der Waals surface area contributed by atoms with Gasteiger partial charge in [0.15, 0.2) is 0 Å². The van der Waals surface area contributed by atoms with Crippen LogP contribution in [0, 0.1) is 5.82 Å². The summed E-state index contributed by atoms with van der Waals surface area (Å²) in [6.45, 7) is 0.902. The Hall–Kier alpha value is -4.39. The number of rotatable bonds is 6. The third-order valence-corrected chi connectivity index (χ3v) is 6.39. The molecular weight excluding hydrogens is 518 g/mol. The molecule has 1 atom stereocenters. The number of ether oxygens (including phenoxy) is 1. The van der Waals surface area contributed by atoms with E-state index in [2.05, 4.69) is 20.4 Å². The van der Waals surface area contributed by atoms with Crippen molar-refractivity contribution in [1.29, 1.82) is 0 Å². The number of alkyl halides is 3. The van der Waals surface area contributed by atoms with Gasteiger partial charge in [-0.15, -0.1) is 13.2 Å². The molecule has 1 saturated heterocycles. The number of aliphatic hydroxyl groups excluding tert-OH is 1. The van der Waals surface area contributed by atoms with Gasteiger partial charge < -0.3 is 25.8 Å². The summed E-state index contributed by atoms with van der Waals surface area (Å²) in [4.78, 5) is 10.8. The van der Waals surface area contributed by atoms with Gasteiger partial charge in [0.1, 0.15) is 28.9 Å². The first-order valence-corrected chi connectivity index (χ1v) is 12.1. The van der Waals surface area contributed by atoms with E-state index in [9.17, 15) is 22.7 Å². The zero-order chi connectivity index (χ0) is 27.7. The average molecular weight is 544 g/mol. The lowest BCUT2D eigenvalue weighted by Crippen LogP contribution is -2.38. The van der Waals surface area contributed by atoms with Gasteiger partial charge in [0.05, 0.1) is 36.3 Å². The number of nitrogens with zero attached hydrogens (tertiary/aromatic N) is 5. The summed E-state index contributed by atoms with van der Waals surface area (Å²) in [6.07, 6.45) is -0.443. The molecular formula is C26H25F4N7O2. The van der Waals surface area contributed by atoms with Crippen molar-refractivity contribution in [2.75, 3.05) is 36.1 Å². The van der Waals surface area contributed by atoms with Crippen molar-refractivity contribution >= 4 is 23.0 Å². The van der Waals surface area contributed by atoms with Crippen molar-refractivity contribution in [2.24, 2.45) is 0 Å². The Labute approximate surface area is 220 Å². The maximum Gasteiger partial charge on any atom is 0.504 e. The molecule has 0 saturated carbocycles. The van der Waals surface area contributed by atoms with Crippen LogP contribution in [0.15, 0.2) is 55.0 Å². The van der Waals surface area contributed by atoms with Gasteiger partial charge in [0, 0.05) is 42.7 Å². The molecule has 0 radical (unpaired) electrons. The Morgan fingerprint density at radius 1 is 1.15 bits per heavy atom. The summed E-state index contributed by atoms with van der Waals surface area (Å²) in [5.41, 5.74) is 7.84. The molecule has 13 heteroatoms. The molecule has 1 fully saturated rings. The number of benzene rings is 1. The van der Waals surface area contributed by atoms with E-state index < -0.39 is 18.2 Å². The molecule has 0 spiro atoms. The number of aliphatic hydroxyl groups is 1. The first-order valence-electron chi connectivity index (χ1n) is 12.1. The number of hydrogen-bond donors (Lipinski definition) is 3. The molecule has 1 aliphatic heterocycles. The first kappa shape index (κ1) is 26.2. The van der Waals surface area contributed by atoms with E-state index in [1.165, 1.54) is 25.4 Å². The van der Waals surface area contributed by atoms with Crippen molar-refractivity contribution in [3.05, 3.63) is 60.8 Å². The maximum atomic E-state index is 14.7.